The van der Waals surface area contributed by atoms with Crippen molar-refractivity contribution in [2.24, 2.45) is 0 Å². The Morgan fingerprint density at radius 1 is 0.964 bits per heavy atom. The largest absolute Gasteiger partial charge is 0.342 e. The summed E-state index contributed by atoms with van der Waals surface area (Å²) in [5, 5.41) is 6.31. The van der Waals surface area contributed by atoms with Crippen LogP contribution in [-0.2, 0) is 11.3 Å². The summed E-state index contributed by atoms with van der Waals surface area (Å²) in [4.78, 5) is 12.7. The minimum absolute atomic E-state index is 0.124. The number of benzene rings is 3. The molecule has 0 aliphatic carbocycles. The Bertz CT molecular complexity index is 1280. The van der Waals surface area contributed by atoms with Crippen molar-refractivity contribution >= 4 is 62.0 Å². The van der Waals surface area contributed by atoms with Gasteiger partial charge in [0.1, 0.15) is 4.32 Å². The van der Waals surface area contributed by atoms with E-state index in [0.717, 1.165) is 23.0 Å². The van der Waals surface area contributed by atoms with E-state index in [-0.39, 0.29) is 5.91 Å². The van der Waals surface area contributed by atoms with Crippen LogP contribution in [0.4, 0.5) is 0 Å². The van der Waals surface area contributed by atoms with Crippen molar-refractivity contribution in [3.05, 3.63) is 89.0 Å². The van der Waals surface area contributed by atoms with Gasteiger partial charge in [0.2, 0.25) is 0 Å². The molecule has 3 nitrogen and oxygen atoms in total. The molecule has 0 atom stereocenters. The summed E-state index contributed by atoms with van der Waals surface area (Å²) in [5.41, 5.74) is 3.44. The average molecular weight is 401 g/mol. The fourth-order valence-electron chi connectivity index (χ4n) is 3.70. The van der Waals surface area contributed by atoms with Crippen LogP contribution in [0.25, 0.3) is 27.8 Å². The van der Waals surface area contributed by atoms with E-state index in [2.05, 4.69) is 70.7 Å². The second kappa shape index (κ2) is 6.93. The zero-order chi connectivity index (χ0) is 19.1. The molecule has 1 aromatic heterocycles. The summed E-state index contributed by atoms with van der Waals surface area (Å²) in [6.45, 7) is 0.767. The minimum atomic E-state index is -0.124. The fraction of sp³-hybridized carbons (Fsp3) is 0.0435. The normalized spacial score (nSPS) is 15.6. The second-order valence-electron chi connectivity index (χ2n) is 6.72. The van der Waals surface area contributed by atoms with Crippen LogP contribution in [0, 0.1) is 0 Å². The maximum absolute atomic E-state index is 12.1. The molecule has 1 amide bonds. The molecule has 2 heterocycles. The maximum Gasteiger partial charge on any atom is 0.263 e. The molecule has 136 valence electrons. The van der Waals surface area contributed by atoms with Gasteiger partial charge in [0, 0.05) is 29.2 Å². The molecule has 5 rings (SSSR count). The number of carbonyl (C=O) groups excluding carboxylic acids is 1. The average Bonchev–Trinajstić information content (AvgIpc) is 3.22. The number of nitrogens with one attached hydrogen (secondary N) is 1. The van der Waals surface area contributed by atoms with Gasteiger partial charge in [-0.2, -0.15) is 0 Å². The van der Waals surface area contributed by atoms with E-state index in [9.17, 15) is 4.79 Å². The van der Waals surface area contributed by atoms with Crippen LogP contribution < -0.4 is 5.32 Å². The molecule has 28 heavy (non-hydrogen) atoms. The Balaban J connectivity index is 1.62. The molecule has 0 unspecified atom stereocenters. The highest BCUT2D eigenvalue weighted by Crippen LogP contribution is 2.30. The van der Waals surface area contributed by atoms with Crippen LogP contribution in [0.3, 0.4) is 0 Å². The number of amides is 1. The Morgan fingerprint density at radius 3 is 2.54 bits per heavy atom. The summed E-state index contributed by atoms with van der Waals surface area (Å²) in [7, 11) is 0. The Kier molecular flexibility index (Phi) is 4.26. The van der Waals surface area contributed by atoms with E-state index in [1.807, 2.05) is 18.2 Å². The minimum Gasteiger partial charge on any atom is -0.342 e. The predicted molar refractivity (Wildman–Crippen MR) is 121 cm³/mol. The second-order valence-corrected chi connectivity index (χ2v) is 8.44. The van der Waals surface area contributed by atoms with Crippen molar-refractivity contribution in [3.63, 3.8) is 0 Å². The van der Waals surface area contributed by atoms with Gasteiger partial charge in [0.15, 0.2) is 0 Å². The predicted octanol–water partition coefficient (Wildman–Crippen LogP) is 5.33. The number of hydrogen-bond acceptors (Lipinski definition) is 3. The van der Waals surface area contributed by atoms with E-state index in [4.69, 9.17) is 12.2 Å². The van der Waals surface area contributed by atoms with Gasteiger partial charge in [-0.3, -0.25) is 4.79 Å². The maximum atomic E-state index is 12.1. The molecule has 5 heteroatoms. The number of thiocarbonyl (C=S) groups is 1. The summed E-state index contributed by atoms with van der Waals surface area (Å²) in [6, 6.07) is 23.2. The van der Waals surface area contributed by atoms with Crippen LogP contribution in [0.15, 0.2) is 77.8 Å². The van der Waals surface area contributed by atoms with Crippen LogP contribution in [-0.4, -0.2) is 14.8 Å². The zero-order valence-electron chi connectivity index (χ0n) is 14.9. The highest BCUT2D eigenvalue weighted by molar-refractivity contribution is 8.26. The molecule has 1 saturated heterocycles. The summed E-state index contributed by atoms with van der Waals surface area (Å²) < 4.78 is 2.76. The van der Waals surface area contributed by atoms with Gasteiger partial charge in [-0.1, -0.05) is 84.6 Å². The Labute approximate surface area is 172 Å². The number of hydrogen-bond donors (Lipinski definition) is 1. The molecule has 1 aliphatic rings. The van der Waals surface area contributed by atoms with Crippen molar-refractivity contribution in [1.29, 1.82) is 0 Å². The van der Waals surface area contributed by atoms with E-state index in [1.165, 1.54) is 28.1 Å². The van der Waals surface area contributed by atoms with E-state index in [0.29, 0.717) is 9.23 Å². The Hall–Kier alpha value is -2.89. The highest BCUT2D eigenvalue weighted by Gasteiger charge is 2.22. The summed E-state index contributed by atoms with van der Waals surface area (Å²) in [6.07, 6.45) is 4.05. The van der Waals surface area contributed by atoms with Gasteiger partial charge in [-0.25, -0.2) is 0 Å². The SMILES string of the molecule is O=C1NC(=S)S/C1=C/c1cn(Cc2cccc3ccccc23)c2ccccc12. The first kappa shape index (κ1) is 17.2. The van der Waals surface area contributed by atoms with Gasteiger partial charge in [-0.05, 0) is 28.5 Å². The van der Waals surface area contributed by atoms with E-state index < -0.39 is 0 Å². The smallest absolute Gasteiger partial charge is 0.263 e. The topological polar surface area (TPSA) is 34.0 Å². The summed E-state index contributed by atoms with van der Waals surface area (Å²) >= 11 is 6.42. The number of nitrogens with zero attached hydrogens (tertiary/aromatic N) is 1. The van der Waals surface area contributed by atoms with Gasteiger partial charge >= 0.3 is 0 Å². The molecule has 0 saturated carbocycles. The van der Waals surface area contributed by atoms with Crippen LogP contribution >= 0.6 is 24.0 Å². The fourth-order valence-corrected chi connectivity index (χ4v) is 4.73. The van der Waals surface area contributed by atoms with E-state index in [1.54, 1.807) is 0 Å². The van der Waals surface area contributed by atoms with Gasteiger partial charge in [0.05, 0.1) is 4.91 Å². The number of fused-ring (bicyclic) bond motifs is 2. The lowest BCUT2D eigenvalue weighted by molar-refractivity contribution is -0.115. The first-order valence-electron chi connectivity index (χ1n) is 8.98. The zero-order valence-corrected chi connectivity index (χ0v) is 16.5. The monoisotopic (exact) mass is 400 g/mol. The molecule has 1 N–H and O–H groups in total. The molecule has 1 fully saturated rings. The third-order valence-electron chi connectivity index (χ3n) is 4.97. The number of para-hydroxylation sites is 1. The first-order valence-corrected chi connectivity index (χ1v) is 10.2. The molecule has 0 bridgehead atoms. The molecular formula is C23H16N2OS2. The molecule has 3 aromatic carbocycles. The summed E-state index contributed by atoms with van der Waals surface area (Å²) in [5.74, 6) is -0.124. The van der Waals surface area contributed by atoms with Crippen molar-refractivity contribution in [2.75, 3.05) is 0 Å². The molecule has 4 aromatic rings. The van der Waals surface area contributed by atoms with Crippen molar-refractivity contribution in [1.82, 2.24) is 9.88 Å². The lowest BCUT2D eigenvalue weighted by Gasteiger charge is -2.09. The van der Waals surface area contributed by atoms with Gasteiger partial charge < -0.3 is 9.88 Å². The molecule has 0 radical (unpaired) electrons. The van der Waals surface area contributed by atoms with E-state index >= 15 is 0 Å². The highest BCUT2D eigenvalue weighted by atomic mass is 32.2. The van der Waals surface area contributed by atoms with Crippen molar-refractivity contribution < 1.29 is 4.79 Å². The van der Waals surface area contributed by atoms with Crippen LogP contribution in [0.1, 0.15) is 11.1 Å². The third kappa shape index (κ3) is 3.03. The van der Waals surface area contributed by atoms with Gasteiger partial charge in [-0.15, -0.1) is 0 Å². The molecule has 1 aliphatic heterocycles. The first-order chi connectivity index (χ1) is 13.7. The number of thioether (sulfide) groups is 1. The van der Waals surface area contributed by atoms with Gasteiger partial charge in [0.25, 0.3) is 5.91 Å². The lowest BCUT2D eigenvalue weighted by atomic mass is 10.0. The van der Waals surface area contributed by atoms with Crippen molar-refractivity contribution in [3.8, 4) is 0 Å². The number of aromatic nitrogens is 1. The molecule has 0 spiro atoms. The van der Waals surface area contributed by atoms with Crippen LogP contribution in [0.5, 0.6) is 0 Å². The molecular weight excluding hydrogens is 384 g/mol. The Morgan fingerprint density at radius 2 is 1.71 bits per heavy atom. The number of rotatable bonds is 3. The quantitative estimate of drug-likeness (QED) is 0.373. The lowest BCUT2D eigenvalue weighted by Crippen LogP contribution is -2.17. The van der Waals surface area contributed by atoms with Crippen LogP contribution in [0.2, 0.25) is 0 Å². The third-order valence-corrected chi connectivity index (χ3v) is 6.13. The standard InChI is InChI=1S/C23H16N2OS2/c26-22-21(28-23(27)24-22)12-17-14-25(20-11-4-3-10-19(17)20)13-16-8-5-7-15-6-1-2-9-18(15)16/h1-12,14H,13H2,(H,24,26,27)/b21-12+. The number of carbonyl (C=O) groups is 1. The van der Waals surface area contributed by atoms with Crippen molar-refractivity contribution in [2.45, 2.75) is 6.54 Å².